The maximum absolute atomic E-state index is 12.2. The first-order valence-corrected chi connectivity index (χ1v) is 8.20. The zero-order valence-corrected chi connectivity index (χ0v) is 13.9. The van der Waals surface area contributed by atoms with Crippen molar-refractivity contribution >= 4 is 46.2 Å². The Morgan fingerprint density at radius 1 is 1.42 bits per heavy atom. The first-order valence-electron chi connectivity index (χ1n) is 6.94. The van der Waals surface area contributed by atoms with E-state index in [4.69, 9.17) is 22.0 Å². The van der Waals surface area contributed by atoms with E-state index in [1.54, 1.807) is 24.3 Å². The monoisotopic (exact) mass is 357 g/mol. The van der Waals surface area contributed by atoms with E-state index in [2.05, 4.69) is 15.3 Å². The highest BCUT2D eigenvalue weighted by atomic mass is 35.5. The molecule has 8 heteroatoms. The molecule has 0 saturated heterocycles. The number of carbonyl (C=O) groups is 1. The molecular weight excluding hydrogens is 346 g/mol. The van der Waals surface area contributed by atoms with Crippen LogP contribution in [-0.4, -0.2) is 15.9 Å². The standard InChI is InChI=1S/C16H12ClN5OS/c17-11-4-2-1-3-9(11)5-15(23)20-10-6-12-16(13(7-10)24-19)22-14(8-18)21-12/h1-4,6-7H,5,19H2,(H,20,23)(H,21,22). The highest BCUT2D eigenvalue weighted by Gasteiger charge is 2.12. The molecule has 0 spiro atoms. The number of nitriles is 1. The average molecular weight is 358 g/mol. The van der Waals surface area contributed by atoms with Crippen LogP contribution in [0.25, 0.3) is 11.0 Å². The van der Waals surface area contributed by atoms with Crippen LogP contribution < -0.4 is 10.5 Å². The largest absolute Gasteiger partial charge is 0.329 e. The molecule has 0 saturated carbocycles. The zero-order valence-electron chi connectivity index (χ0n) is 12.3. The molecule has 6 nitrogen and oxygen atoms in total. The Kier molecular flexibility index (Phi) is 4.71. The van der Waals surface area contributed by atoms with Gasteiger partial charge < -0.3 is 10.3 Å². The highest BCUT2D eigenvalue weighted by molar-refractivity contribution is 7.97. The van der Waals surface area contributed by atoms with Gasteiger partial charge in [-0.1, -0.05) is 29.8 Å². The van der Waals surface area contributed by atoms with E-state index in [1.807, 2.05) is 18.2 Å². The van der Waals surface area contributed by atoms with Gasteiger partial charge in [0.1, 0.15) is 11.6 Å². The molecule has 0 fully saturated rings. The molecule has 2 aromatic carbocycles. The van der Waals surface area contributed by atoms with Gasteiger partial charge in [-0.05, 0) is 35.7 Å². The van der Waals surface area contributed by atoms with Crippen LogP contribution in [0.15, 0.2) is 41.3 Å². The van der Waals surface area contributed by atoms with Crippen molar-refractivity contribution in [2.75, 3.05) is 5.32 Å². The number of rotatable bonds is 4. The maximum atomic E-state index is 12.2. The van der Waals surface area contributed by atoms with Crippen LogP contribution in [0.2, 0.25) is 5.02 Å². The van der Waals surface area contributed by atoms with Crippen LogP contribution in [0.1, 0.15) is 11.4 Å². The van der Waals surface area contributed by atoms with Crippen molar-refractivity contribution in [1.82, 2.24) is 9.97 Å². The van der Waals surface area contributed by atoms with Gasteiger partial charge >= 0.3 is 0 Å². The second-order valence-corrected chi connectivity index (χ2v) is 6.08. The summed E-state index contributed by atoms with van der Waals surface area (Å²) in [7, 11) is 0. The third-order valence-corrected chi connectivity index (χ3v) is 4.31. The van der Waals surface area contributed by atoms with Crippen LogP contribution in [0.3, 0.4) is 0 Å². The van der Waals surface area contributed by atoms with E-state index >= 15 is 0 Å². The molecule has 4 N–H and O–H groups in total. The average Bonchev–Trinajstić information content (AvgIpc) is 2.99. The number of hydrogen-bond donors (Lipinski definition) is 3. The molecule has 0 radical (unpaired) electrons. The van der Waals surface area contributed by atoms with E-state index in [0.717, 1.165) is 17.5 Å². The normalized spacial score (nSPS) is 10.5. The lowest BCUT2D eigenvalue weighted by molar-refractivity contribution is -0.115. The summed E-state index contributed by atoms with van der Waals surface area (Å²) in [6.07, 6.45) is 0.162. The number of nitrogens with two attached hydrogens (primary N) is 1. The minimum atomic E-state index is -0.199. The first kappa shape index (κ1) is 16.3. The summed E-state index contributed by atoms with van der Waals surface area (Å²) in [5, 5.41) is 18.0. The lowest BCUT2D eigenvalue weighted by atomic mass is 10.1. The van der Waals surface area contributed by atoms with E-state index in [-0.39, 0.29) is 18.2 Å². The van der Waals surface area contributed by atoms with E-state index in [0.29, 0.717) is 26.6 Å². The third-order valence-electron chi connectivity index (χ3n) is 3.38. The highest BCUT2D eigenvalue weighted by Crippen LogP contribution is 2.28. The van der Waals surface area contributed by atoms with Crippen LogP contribution in [0.5, 0.6) is 0 Å². The van der Waals surface area contributed by atoms with Gasteiger partial charge in [-0.15, -0.1) is 0 Å². The Morgan fingerprint density at radius 2 is 2.21 bits per heavy atom. The number of hydrogen-bond acceptors (Lipinski definition) is 5. The molecule has 0 aliphatic carbocycles. The molecule has 3 rings (SSSR count). The summed E-state index contributed by atoms with van der Waals surface area (Å²) in [5.41, 5.74) is 2.55. The Bertz CT molecular complexity index is 963. The van der Waals surface area contributed by atoms with Gasteiger partial charge in [0.25, 0.3) is 0 Å². The number of anilines is 1. The molecule has 1 amide bonds. The summed E-state index contributed by atoms with van der Waals surface area (Å²) in [6, 6.07) is 12.6. The summed E-state index contributed by atoms with van der Waals surface area (Å²) < 4.78 is 0. The number of nitrogens with one attached hydrogen (secondary N) is 2. The fraction of sp³-hybridized carbons (Fsp3) is 0.0625. The van der Waals surface area contributed by atoms with Gasteiger partial charge in [0.05, 0.1) is 16.8 Å². The molecule has 1 aromatic heterocycles. The van der Waals surface area contributed by atoms with Gasteiger partial charge in [-0.25, -0.2) is 4.98 Å². The molecule has 0 aliphatic heterocycles. The molecule has 0 aliphatic rings. The Hall–Kier alpha value is -2.53. The van der Waals surface area contributed by atoms with Crippen LogP contribution in [-0.2, 0) is 11.2 Å². The number of nitrogens with zero attached hydrogens (tertiary/aromatic N) is 2. The molecule has 0 bridgehead atoms. The van der Waals surface area contributed by atoms with Crippen molar-refractivity contribution in [3.8, 4) is 6.07 Å². The van der Waals surface area contributed by atoms with Gasteiger partial charge in [-0.3, -0.25) is 9.93 Å². The quantitative estimate of drug-likeness (QED) is 0.621. The Morgan fingerprint density at radius 3 is 2.92 bits per heavy atom. The molecule has 24 heavy (non-hydrogen) atoms. The van der Waals surface area contributed by atoms with Crippen molar-refractivity contribution in [1.29, 1.82) is 5.26 Å². The second kappa shape index (κ2) is 6.93. The van der Waals surface area contributed by atoms with Crippen molar-refractivity contribution in [2.24, 2.45) is 5.14 Å². The predicted octanol–water partition coefficient (Wildman–Crippen LogP) is 3.23. The molecule has 0 unspecified atom stereocenters. The number of carbonyl (C=O) groups excluding carboxylic acids is 1. The SMILES string of the molecule is N#Cc1nc2c(SN)cc(NC(=O)Cc3ccccc3Cl)cc2[nH]1. The lowest BCUT2D eigenvalue weighted by Gasteiger charge is -2.08. The van der Waals surface area contributed by atoms with E-state index in [1.165, 1.54) is 0 Å². The number of fused-ring (bicyclic) bond motifs is 1. The van der Waals surface area contributed by atoms with Gasteiger partial charge in [0.2, 0.25) is 11.7 Å². The first-order chi connectivity index (χ1) is 11.6. The van der Waals surface area contributed by atoms with Crippen molar-refractivity contribution in [3.05, 3.63) is 52.8 Å². The summed E-state index contributed by atoms with van der Waals surface area (Å²) >= 11 is 7.08. The Balaban J connectivity index is 1.86. The molecule has 3 aromatic rings. The summed E-state index contributed by atoms with van der Waals surface area (Å²) in [6.45, 7) is 0. The van der Waals surface area contributed by atoms with Crippen molar-refractivity contribution in [2.45, 2.75) is 11.3 Å². The number of aromatic nitrogens is 2. The minimum Gasteiger partial charge on any atom is -0.329 e. The van der Waals surface area contributed by atoms with Crippen LogP contribution >= 0.6 is 23.5 Å². The number of amides is 1. The van der Waals surface area contributed by atoms with E-state index in [9.17, 15) is 4.79 Å². The molecule has 1 heterocycles. The number of imidazole rings is 1. The van der Waals surface area contributed by atoms with Crippen LogP contribution in [0, 0.1) is 11.3 Å². The smallest absolute Gasteiger partial charge is 0.228 e. The predicted molar refractivity (Wildman–Crippen MR) is 94.6 cm³/mol. The Labute approximate surface area is 147 Å². The summed E-state index contributed by atoms with van der Waals surface area (Å²) in [5.74, 6) is -0.00436. The third kappa shape index (κ3) is 3.36. The number of aromatic amines is 1. The van der Waals surface area contributed by atoms with Crippen molar-refractivity contribution in [3.63, 3.8) is 0 Å². The molecule has 0 atom stereocenters. The topological polar surface area (TPSA) is 108 Å². The molecule has 120 valence electrons. The summed E-state index contributed by atoms with van der Waals surface area (Å²) in [4.78, 5) is 19.9. The van der Waals surface area contributed by atoms with Gasteiger partial charge in [-0.2, -0.15) is 5.26 Å². The number of H-pyrrole nitrogens is 1. The van der Waals surface area contributed by atoms with Gasteiger partial charge in [0, 0.05) is 10.7 Å². The number of benzene rings is 2. The minimum absolute atomic E-state index is 0.162. The van der Waals surface area contributed by atoms with Gasteiger partial charge in [0.15, 0.2) is 0 Å². The molecular formula is C16H12ClN5OS. The fourth-order valence-corrected chi connectivity index (χ4v) is 2.99. The van der Waals surface area contributed by atoms with Crippen molar-refractivity contribution < 1.29 is 4.79 Å². The maximum Gasteiger partial charge on any atom is 0.228 e. The number of halogens is 1. The van der Waals surface area contributed by atoms with E-state index < -0.39 is 0 Å². The lowest BCUT2D eigenvalue weighted by Crippen LogP contribution is -2.14. The van der Waals surface area contributed by atoms with Crippen LogP contribution in [0.4, 0.5) is 5.69 Å². The second-order valence-electron chi connectivity index (χ2n) is 5.00. The zero-order chi connectivity index (χ0) is 17.1. The fourth-order valence-electron chi connectivity index (χ4n) is 2.32.